The Kier molecular flexibility index (Phi) is 14.3. The number of epoxide rings is 1. The number of methoxy groups -OCH3 is 1. The quantitative estimate of drug-likeness (QED) is 0.0678. The molecule has 1 saturated carbocycles. The summed E-state index contributed by atoms with van der Waals surface area (Å²) < 4.78 is 51.4. The van der Waals surface area contributed by atoms with E-state index < -0.39 is 74.7 Å². The van der Waals surface area contributed by atoms with Gasteiger partial charge in [-0.05, 0) is 78.1 Å². The largest absolute Gasteiger partial charge is 0.469 e. The molecule has 13 nitrogen and oxygen atoms in total. The molecule has 260 valence electrons. The van der Waals surface area contributed by atoms with Gasteiger partial charge in [-0.3, -0.25) is 19.2 Å². The van der Waals surface area contributed by atoms with E-state index in [1.165, 1.54) is 7.11 Å². The van der Waals surface area contributed by atoms with Crippen molar-refractivity contribution in [2.45, 2.75) is 104 Å². The molecule has 14 heteroatoms. The summed E-state index contributed by atoms with van der Waals surface area (Å²) in [5, 5.41) is 11.2. The smallest absolute Gasteiger partial charge is 0.311 e. The van der Waals surface area contributed by atoms with Crippen LogP contribution in [0, 0.1) is 28.1 Å². The maximum absolute atomic E-state index is 13.5. The fraction of sp³-hybridized carbons (Fsp3) is 0.871. The highest BCUT2D eigenvalue weighted by atomic mass is 32.2. The standard InChI is InChI=1S/C31H53NO12S/c1-8-30(5,26(35)32-20-44-45(38,39)24-11-9-21(2)10-12-24)19-31(6,28(37)41-14-13-33)16-22(25(34)40-7)15-29(3,4)27(36)43-18-23-17-42-23/h21-24,33H,8-20H2,1-7H3,(H,32,35). The van der Waals surface area contributed by atoms with E-state index in [2.05, 4.69) is 12.2 Å². The van der Waals surface area contributed by atoms with Crippen molar-refractivity contribution in [3.05, 3.63) is 0 Å². The molecule has 2 aliphatic rings. The van der Waals surface area contributed by atoms with Crippen LogP contribution < -0.4 is 5.32 Å². The van der Waals surface area contributed by atoms with Crippen LogP contribution in [0.3, 0.4) is 0 Å². The van der Waals surface area contributed by atoms with E-state index in [9.17, 15) is 32.7 Å². The van der Waals surface area contributed by atoms with Crippen LogP contribution in [0.1, 0.15) is 92.9 Å². The van der Waals surface area contributed by atoms with Gasteiger partial charge in [-0.2, -0.15) is 8.42 Å². The minimum absolute atomic E-state index is 0.0203. The number of ether oxygens (including phenoxy) is 4. The zero-order valence-electron chi connectivity index (χ0n) is 27.8. The number of carbonyl (C=O) groups is 4. The Morgan fingerprint density at radius 1 is 0.978 bits per heavy atom. The van der Waals surface area contributed by atoms with Crippen LogP contribution in [0.15, 0.2) is 0 Å². The molecule has 0 aromatic carbocycles. The van der Waals surface area contributed by atoms with Crippen molar-refractivity contribution in [3.63, 3.8) is 0 Å². The molecule has 0 aromatic rings. The number of nitrogens with one attached hydrogen (secondary N) is 1. The van der Waals surface area contributed by atoms with Crippen molar-refractivity contribution in [3.8, 4) is 0 Å². The van der Waals surface area contributed by atoms with Crippen molar-refractivity contribution in [1.29, 1.82) is 0 Å². The van der Waals surface area contributed by atoms with Gasteiger partial charge in [-0.15, -0.1) is 0 Å². The van der Waals surface area contributed by atoms with Gasteiger partial charge in [0.1, 0.15) is 26.0 Å². The Balaban J connectivity index is 2.22. The molecule has 1 aliphatic carbocycles. The van der Waals surface area contributed by atoms with Gasteiger partial charge in [0.25, 0.3) is 10.1 Å². The minimum Gasteiger partial charge on any atom is -0.469 e. The molecule has 0 aromatic heterocycles. The molecule has 1 amide bonds. The van der Waals surface area contributed by atoms with Crippen molar-refractivity contribution in [2.75, 3.05) is 40.3 Å². The van der Waals surface area contributed by atoms with Crippen molar-refractivity contribution < 1.29 is 55.8 Å². The first-order valence-electron chi connectivity index (χ1n) is 15.7. The minimum atomic E-state index is -3.88. The van der Waals surface area contributed by atoms with Gasteiger partial charge in [0.05, 0.1) is 42.3 Å². The van der Waals surface area contributed by atoms with Gasteiger partial charge < -0.3 is 29.4 Å². The summed E-state index contributed by atoms with van der Waals surface area (Å²) in [5.41, 5.74) is -3.81. The van der Waals surface area contributed by atoms with Gasteiger partial charge in [0.15, 0.2) is 0 Å². The van der Waals surface area contributed by atoms with E-state index in [-0.39, 0.29) is 45.0 Å². The summed E-state index contributed by atoms with van der Waals surface area (Å²) in [6.45, 7) is 9.62. The molecule has 2 rings (SSSR count). The van der Waals surface area contributed by atoms with E-state index in [0.29, 0.717) is 25.4 Å². The predicted molar refractivity (Wildman–Crippen MR) is 163 cm³/mol. The third kappa shape index (κ3) is 11.5. The average Bonchev–Trinajstić information content (AvgIpc) is 3.82. The van der Waals surface area contributed by atoms with Crippen LogP contribution >= 0.6 is 0 Å². The molecule has 2 N–H and O–H groups in total. The van der Waals surface area contributed by atoms with Gasteiger partial charge in [0.2, 0.25) is 5.91 Å². The molecule has 45 heavy (non-hydrogen) atoms. The Hall–Kier alpha value is -2.29. The van der Waals surface area contributed by atoms with E-state index >= 15 is 0 Å². The van der Waals surface area contributed by atoms with Crippen LogP contribution in [-0.4, -0.2) is 89.0 Å². The summed E-state index contributed by atoms with van der Waals surface area (Å²) in [7, 11) is -2.67. The Morgan fingerprint density at radius 2 is 1.60 bits per heavy atom. The Morgan fingerprint density at radius 3 is 2.13 bits per heavy atom. The predicted octanol–water partition coefficient (Wildman–Crippen LogP) is 2.87. The fourth-order valence-electron chi connectivity index (χ4n) is 5.95. The fourth-order valence-corrected chi connectivity index (χ4v) is 7.21. The third-order valence-electron chi connectivity index (χ3n) is 9.10. The zero-order chi connectivity index (χ0) is 34.1. The maximum atomic E-state index is 13.5. The van der Waals surface area contributed by atoms with Crippen molar-refractivity contribution in [1.82, 2.24) is 5.32 Å². The summed E-state index contributed by atoms with van der Waals surface area (Å²) in [5.74, 6) is -2.97. The highest BCUT2D eigenvalue weighted by Gasteiger charge is 2.48. The molecule has 4 atom stereocenters. The van der Waals surface area contributed by atoms with Gasteiger partial charge in [-0.25, -0.2) is 4.18 Å². The van der Waals surface area contributed by atoms with E-state index in [1.807, 2.05) is 0 Å². The van der Waals surface area contributed by atoms with Crippen molar-refractivity contribution >= 4 is 33.9 Å². The average molecular weight is 664 g/mol. The first-order chi connectivity index (χ1) is 20.9. The maximum Gasteiger partial charge on any atom is 0.311 e. The van der Waals surface area contributed by atoms with Gasteiger partial charge in [0, 0.05) is 5.41 Å². The first kappa shape index (κ1) is 38.9. The number of rotatable bonds is 19. The van der Waals surface area contributed by atoms with E-state index in [1.54, 1.807) is 34.6 Å². The molecule has 1 aliphatic heterocycles. The molecule has 0 spiro atoms. The Labute approximate surface area is 267 Å². The van der Waals surface area contributed by atoms with Crippen LogP contribution in [-0.2, 0) is 52.4 Å². The third-order valence-corrected chi connectivity index (χ3v) is 10.8. The highest BCUT2D eigenvalue weighted by molar-refractivity contribution is 7.87. The zero-order valence-corrected chi connectivity index (χ0v) is 28.7. The normalized spacial score (nSPS) is 23.5. The van der Waals surface area contributed by atoms with Crippen LogP contribution in [0.25, 0.3) is 0 Å². The second-order valence-corrected chi connectivity index (χ2v) is 15.6. The van der Waals surface area contributed by atoms with Gasteiger partial charge >= 0.3 is 17.9 Å². The number of amides is 1. The number of esters is 3. The lowest BCUT2D eigenvalue weighted by Gasteiger charge is -2.39. The van der Waals surface area contributed by atoms with Gasteiger partial charge in [-0.1, -0.05) is 20.8 Å². The molecule has 1 saturated heterocycles. The summed E-state index contributed by atoms with van der Waals surface area (Å²) in [4.78, 5) is 52.9. The summed E-state index contributed by atoms with van der Waals surface area (Å²) in [6.07, 6.45) is 2.44. The lowest BCUT2D eigenvalue weighted by Crippen LogP contribution is -2.47. The highest BCUT2D eigenvalue weighted by Crippen LogP contribution is 2.44. The van der Waals surface area contributed by atoms with Crippen LogP contribution in [0.4, 0.5) is 0 Å². The van der Waals surface area contributed by atoms with Crippen LogP contribution in [0.5, 0.6) is 0 Å². The molecular weight excluding hydrogens is 610 g/mol. The van der Waals surface area contributed by atoms with Crippen LogP contribution in [0.2, 0.25) is 0 Å². The molecular formula is C31H53NO12S. The first-order valence-corrected chi connectivity index (χ1v) is 17.2. The molecule has 0 bridgehead atoms. The van der Waals surface area contributed by atoms with Crippen molar-refractivity contribution in [2.24, 2.45) is 28.1 Å². The second kappa shape index (κ2) is 16.5. The van der Waals surface area contributed by atoms with E-state index in [0.717, 1.165) is 12.8 Å². The number of hydrogen-bond donors (Lipinski definition) is 2. The number of aliphatic hydroxyl groups is 1. The number of aliphatic hydroxyl groups excluding tert-OH is 1. The lowest BCUT2D eigenvalue weighted by atomic mass is 9.66. The molecule has 1 heterocycles. The SMILES string of the molecule is CCC(C)(CC(C)(CC(CC(C)(C)C(=O)OCC1CO1)C(=O)OC)C(=O)OCCO)C(=O)NCOS(=O)(=O)C1CCC(C)CC1. The summed E-state index contributed by atoms with van der Waals surface area (Å²) >= 11 is 0. The molecule has 2 fully saturated rings. The topological polar surface area (TPSA) is 184 Å². The number of carbonyl (C=O) groups excluding carboxylic acids is 4. The van der Waals surface area contributed by atoms with E-state index in [4.69, 9.17) is 23.1 Å². The molecule has 4 unspecified atom stereocenters. The Bertz CT molecular complexity index is 1130. The summed E-state index contributed by atoms with van der Waals surface area (Å²) in [6, 6.07) is 0. The number of hydrogen-bond acceptors (Lipinski definition) is 12. The second-order valence-electron chi connectivity index (χ2n) is 13.7. The monoisotopic (exact) mass is 663 g/mol. The lowest BCUT2D eigenvalue weighted by molar-refractivity contribution is -0.163. The molecule has 0 radical (unpaired) electrons.